The minimum Gasteiger partial charge on any atom is -0.508 e. The van der Waals surface area contributed by atoms with Gasteiger partial charge in [-0.25, -0.2) is 4.79 Å². The maximum absolute atomic E-state index is 14.2. The van der Waals surface area contributed by atoms with E-state index in [2.05, 4.69) is 21.3 Å². The van der Waals surface area contributed by atoms with Crippen LogP contribution >= 0.6 is 23.5 Å². The van der Waals surface area contributed by atoms with Crippen molar-refractivity contribution >= 4 is 59.1 Å². The highest BCUT2D eigenvalue weighted by Crippen LogP contribution is 2.51. The smallest absolute Gasteiger partial charge is 0.327 e. The molecule has 3 heterocycles. The van der Waals surface area contributed by atoms with Crippen molar-refractivity contribution in [1.29, 1.82) is 0 Å². The summed E-state index contributed by atoms with van der Waals surface area (Å²) in [4.78, 5) is 79.9. The number of benzene rings is 2. The summed E-state index contributed by atoms with van der Waals surface area (Å²) in [5.41, 5.74) is 6.70. The second-order valence-electron chi connectivity index (χ2n) is 13.3. The zero-order chi connectivity index (χ0) is 36.9. The summed E-state index contributed by atoms with van der Waals surface area (Å²) in [6.07, 6.45) is 0. The van der Waals surface area contributed by atoms with E-state index in [0.29, 0.717) is 5.56 Å². The number of β-lactam (4-membered cyclic amide) rings is 1. The Kier molecular flexibility index (Phi) is 10.0. The number of phenols is 2. The molecule has 0 aliphatic carbocycles. The van der Waals surface area contributed by atoms with Crippen molar-refractivity contribution in [2.24, 2.45) is 5.73 Å². The van der Waals surface area contributed by atoms with E-state index in [1.165, 1.54) is 65.2 Å². The molecule has 2 aromatic carbocycles. The van der Waals surface area contributed by atoms with E-state index < -0.39 is 92.1 Å². The average Bonchev–Trinajstić information content (AvgIpc) is 3.51. The number of thioether (sulfide) groups is 2. The van der Waals surface area contributed by atoms with Gasteiger partial charge in [-0.2, -0.15) is 0 Å². The number of nitrogens with one attached hydrogen (secondary N) is 4. The molecule has 8 atom stereocenters. The molecule has 3 aliphatic heterocycles. The minimum atomic E-state index is -1.49. The first-order chi connectivity index (χ1) is 23.3. The molecule has 268 valence electrons. The Balaban J connectivity index is 1.42. The second-order valence-corrected chi connectivity index (χ2v) is 16.8. The molecule has 0 aromatic heterocycles. The molecule has 3 aliphatic rings. The fourth-order valence-corrected chi connectivity index (χ4v) is 9.38. The van der Waals surface area contributed by atoms with Crippen LogP contribution in [0.25, 0.3) is 0 Å². The predicted octanol–water partition coefficient (Wildman–Crippen LogP) is -0.0341. The van der Waals surface area contributed by atoms with Gasteiger partial charge in [0.25, 0.3) is 0 Å². The predicted molar refractivity (Wildman–Crippen MR) is 182 cm³/mol. The molecule has 0 bridgehead atoms. The Morgan fingerprint density at radius 2 is 1.36 bits per heavy atom. The zero-order valence-electron chi connectivity index (χ0n) is 27.3. The first-order valence-electron chi connectivity index (χ1n) is 15.5. The lowest BCUT2D eigenvalue weighted by atomic mass is 9.95. The van der Waals surface area contributed by atoms with Crippen molar-refractivity contribution in [3.05, 3.63) is 59.7 Å². The number of carbonyl (C=O) groups is 6. The third-order valence-electron chi connectivity index (χ3n) is 8.87. The largest absolute Gasteiger partial charge is 0.508 e. The van der Waals surface area contributed by atoms with Crippen LogP contribution in [0.1, 0.15) is 50.9 Å². The fraction of sp³-hybridized carbons (Fsp3) is 0.438. The quantitative estimate of drug-likeness (QED) is 0.138. The number of carboxylic acid groups (broad SMARTS) is 2. The topological polar surface area (TPSA) is 261 Å². The number of fused-ring (bicyclic) bond motifs is 1. The lowest BCUT2D eigenvalue weighted by Crippen LogP contribution is -2.71. The van der Waals surface area contributed by atoms with Crippen molar-refractivity contribution < 1.29 is 49.2 Å². The Morgan fingerprint density at radius 1 is 0.800 bits per heavy atom. The molecule has 4 amide bonds. The third-order valence-corrected chi connectivity index (χ3v) is 11.9. The van der Waals surface area contributed by atoms with Crippen LogP contribution in [-0.4, -0.2) is 105 Å². The lowest BCUT2D eigenvalue weighted by Gasteiger charge is -2.44. The number of nitrogens with zero attached hydrogens (tertiary/aromatic N) is 1. The van der Waals surface area contributed by atoms with Crippen molar-refractivity contribution in [3.8, 4) is 11.5 Å². The fourth-order valence-electron chi connectivity index (χ4n) is 6.26. The van der Waals surface area contributed by atoms with Gasteiger partial charge in [-0.05, 0) is 63.1 Å². The summed E-state index contributed by atoms with van der Waals surface area (Å²) in [5.74, 6) is -5.70. The number of amides is 4. The van der Waals surface area contributed by atoms with Gasteiger partial charge in [0.2, 0.25) is 23.6 Å². The highest BCUT2D eigenvalue weighted by atomic mass is 32.2. The van der Waals surface area contributed by atoms with E-state index in [9.17, 15) is 49.2 Å². The Bertz CT molecular complexity index is 1710. The summed E-state index contributed by atoms with van der Waals surface area (Å²) in [6.45, 7) is 6.69. The summed E-state index contributed by atoms with van der Waals surface area (Å²) >= 11 is 2.31. The Hall–Kier alpha value is -4.52. The first-order valence-corrected chi connectivity index (χ1v) is 17.2. The molecular weight excluding hydrogens is 693 g/mol. The number of aliphatic carboxylic acids is 2. The van der Waals surface area contributed by atoms with E-state index in [4.69, 9.17) is 5.73 Å². The van der Waals surface area contributed by atoms with E-state index in [-0.39, 0.29) is 17.1 Å². The monoisotopic (exact) mass is 730 g/mol. The Labute approximate surface area is 294 Å². The second kappa shape index (κ2) is 13.7. The van der Waals surface area contributed by atoms with Crippen LogP contribution in [-0.2, 0) is 28.8 Å². The van der Waals surface area contributed by atoms with Crippen LogP contribution < -0.4 is 27.0 Å². The van der Waals surface area contributed by atoms with Gasteiger partial charge in [0.1, 0.15) is 53.1 Å². The molecule has 3 saturated heterocycles. The van der Waals surface area contributed by atoms with E-state index >= 15 is 0 Å². The number of phenolic OH excluding ortho intramolecular Hbond substituents is 2. The number of hydrogen-bond donors (Lipinski definition) is 9. The molecule has 5 rings (SSSR count). The maximum atomic E-state index is 14.2. The van der Waals surface area contributed by atoms with Crippen molar-refractivity contribution in [1.82, 2.24) is 26.2 Å². The van der Waals surface area contributed by atoms with E-state index in [1.807, 2.05) is 0 Å². The van der Waals surface area contributed by atoms with Gasteiger partial charge in [0.05, 0.1) is 5.37 Å². The van der Waals surface area contributed by atoms with Crippen molar-refractivity contribution in [2.45, 2.75) is 84.2 Å². The molecule has 50 heavy (non-hydrogen) atoms. The van der Waals surface area contributed by atoms with Gasteiger partial charge >= 0.3 is 11.9 Å². The first kappa shape index (κ1) is 36.8. The van der Waals surface area contributed by atoms with Crippen LogP contribution in [0.2, 0.25) is 0 Å². The molecule has 0 radical (unpaired) electrons. The van der Waals surface area contributed by atoms with Crippen LogP contribution in [0.5, 0.6) is 11.5 Å². The van der Waals surface area contributed by atoms with Crippen LogP contribution in [0, 0.1) is 0 Å². The minimum absolute atomic E-state index is 0.0566. The van der Waals surface area contributed by atoms with Crippen LogP contribution in [0.4, 0.5) is 0 Å². The van der Waals surface area contributed by atoms with Gasteiger partial charge < -0.3 is 47.0 Å². The number of aromatic hydroxyl groups is 2. The van der Waals surface area contributed by atoms with Crippen LogP contribution in [0.15, 0.2) is 48.5 Å². The number of hydrogen-bond acceptors (Lipinski definition) is 12. The zero-order valence-corrected chi connectivity index (χ0v) is 29.0. The molecule has 16 nitrogen and oxygen atoms in total. The van der Waals surface area contributed by atoms with Crippen molar-refractivity contribution in [2.75, 3.05) is 0 Å². The number of carbonyl (C=O) groups excluding carboxylic acids is 4. The van der Waals surface area contributed by atoms with E-state index in [1.54, 1.807) is 27.7 Å². The molecule has 3 fully saturated rings. The van der Waals surface area contributed by atoms with Gasteiger partial charge in [0, 0.05) is 9.49 Å². The molecule has 18 heteroatoms. The average molecular weight is 731 g/mol. The van der Waals surface area contributed by atoms with Crippen LogP contribution in [0.3, 0.4) is 0 Å². The molecule has 0 spiro atoms. The number of nitrogens with two attached hydrogens (primary N) is 1. The van der Waals surface area contributed by atoms with Gasteiger partial charge in [-0.15, -0.1) is 23.5 Å². The molecule has 2 unspecified atom stereocenters. The Morgan fingerprint density at radius 3 is 1.88 bits per heavy atom. The molecule has 0 saturated carbocycles. The summed E-state index contributed by atoms with van der Waals surface area (Å²) < 4.78 is -1.79. The summed E-state index contributed by atoms with van der Waals surface area (Å²) in [7, 11) is 0. The normalized spacial score (nSPS) is 26.5. The SMILES string of the molecule is CC1(C)SC(C(NC(=O)[C@H](N)c2ccc(O)cc2)C(=O)N[C@@H](C(=O)N[C@@H]2C(=O)N3[C@@H]2SC(C)(C)[C@H]3C(=O)O)c2ccc(O)cc2)N[C@H]1C(=O)O. The summed E-state index contributed by atoms with van der Waals surface area (Å²) in [5, 5.41) is 48.2. The molecular formula is C32H38N6O10S2. The highest BCUT2D eigenvalue weighted by molar-refractivity contribution is 8.02. The standard InChI is InChI=1S/C32H38N6O10S2/c1-31(2)21(29(45)46)37-26(49-31)19(35-23(41)17(33)13-5-9-15(39)10-6-13)25(43)34-18(14-7-11-16(40)12-8-14)24(42)36-20-27(44)38-22(30(47)48)32(3,4)50-28(20)38/h5-12,17-22,26,28,37,39-40H,33H2,1-4H3,(H,34,43)(H,35,41)(H,36,42)(H,45,46)(H,47,48)/t17-,18-,19?,20-,21+,22-,26?,28-/m1/s1. The van der Waals surface area contributed by atoms with Gasteiger partial charge in [-0.3, -0.25) is 29.3 Å². The number of carboxylic acids is 2. The van der Waals surface area contributed by atoms with Gasteiger partial charge in [-0.1, -0.05) is 24.3 Å². The molecule has 2 aromatic rings. The lowest BCUT2D eigenvalue weighted by molar-refractivity contribution is -0.161. The van der Waals surface area contributed by atoms with Crippen molar-refractivity contribution in [3.63, 3.8) is 0 Å². The van der Waals surface area contributed by atoms with Gasteiger partial charge in [0.15, 0.2) is 0 Å². The highest BCUT2D eigenvalue weighted by Gasteiger charge is 2.64. The maximum Gasteiger partial charge on any atom is 0.327 e. The number of rotatable bonds is 11. The third kappa shape index (κ3) is 7.05. The van der Waals surface area contributed by atoms with E-state index in [0.717, 1.165) is 11.8 Å². The summed E-state index contributed by atoms with van der Waals surface area (Å²) in [6, 6.07) is 3.24. The molecule has 10 N–H and O–H groups in total.